The van der Waals surface area contributed by atoms with Gasteiger partial charge in [0.25, 0.3) is 0 Å². The SMILES string of the molecule is CCCC[C@](C)(CC)NC(=O)OC(C)(C)C. The Hall–Kier alpha value is -0.730. The van der Waals surface area contributed by atoms with Crippen LogP contribution in [0, 0.1) is 0 Å². The molecule has 0 bridgehead atoms. The summed E-state index contributed by atoms with van der Waals surface area (Å²) in [5.74, 6) is 0. The molecular weight excluding hydrogens is 202 g/mol. The van der Waals surface area contributed by atoms with Gasteiger partial charge in [-0.25, -0.2) is 4.79 Å². The van der Waals surface area contributed by atoms with Gasteiger partial charge >= 0.3 is 6.09 Å². The van der Waals surface area contributed by atoms with E-state index in [1.54, 1.807) is 0 Å². The van der Waals surface area contributed by atoms with Crippen LogP contribution in [0.15, 0.2) is 0 Å². The van der Waals surface area contributed by atoms with Gasteiger partial charge in [0.05, 0.1) is 0 Å². The van der Waals surface area contributed by atoms with E-state index >= 15 is 0 Å². The van der Waals surface area contributed by atoms with Crippen LogP contribution in [0.5, 0.6) is 0 Å². The third-order valence-electron chi connectivity index (χ3n) is 2.67. The largest absolute Gasteiger partial charge is 0.444 e. The van der Waals surface area contributed by atoms with Crippen molar-refractivity contribution in [2.24, 2.45) is 0 Å². The molecule has 1 N–H and O–H groups in total. The van der Waals surface area contributed by atoms with Crippen LogP contribution in [0.3, 0.4) is 0 Å². The number of hydrogen-bond acceptors (Lipinski definition) is 2. The Labute approximate surface area is 99.9 Å². The van der Waals surface area contributed by atoms with E-state index < -0.39 is 5.60 Å². The Kier molecular flexibility index (Phi) is 5.84. The lowest BCUT2D eigenvalue weighted by molar-refractivity contribution is 0.0454. The molecule has 0 unspecified atom stereocenters. The number of alkyl carbamates (subject to hydrolysis) is 1. The molecule has 0 aliphatic heterocycles. The van der Waals surface area contributed by atoms with E-state index in [4.69, 9.17) is 4.74 Å². The Balaban J connectivity index is 4.25. The molecule has 0 heterocycles. The molecule has 0 aromatic rings. The predicted octanol–water partition coefficient (Wildman–Crippen LogP) is 3.87. The number of amides is 1. The van der Waals surface area contributed by atoms with Gasteiger partial charge in [0.2, 0.25) is 0 Å². The molecule has 0 rings (SSSR count). The zero-order valence-corrected chi connectivity index (χ0v) is 11.6. The van der Waals surface area contributed by atoms with Crippen molar-refractivity contribution in [1.82, 2.24) is 5.32 Å². The lowest BCUT2D eigenvalue weighted by Gasteiger charge is -2.31. The molecule has 0 aromatic heterocycles. The highest BCUT2D eigenvalue weighted by atomic mass is 16.6. The molecule has 0 radical (unpaired) electrons. The minimum Gasteiger partial charge on any atom is -0.444 e. The van der Waals surface area contributed by atoms with Crippen LogP contribution in [0.1, 0.15) is 67.2 Å². The van der Waals surface area contributed by atoms with E-state index in [1.165, 1.54) is 0 Å². The van der Waals surface area contributed by atoms with Crippen LogP contribution in [0.2, 0.25) is 0 Å². The van der Waals surface area contributed by atoms with Gasteiger partial charge in [-0.3, -0.25) is 0 Å². The first kappa shape index (κ1) is 15.3. The van der Waals surface area contributed by atoms with Crippen molar-refractivity contribution in [3.63, 3.8) is 0 Å². The summed E-state index contributed by atoms with van der Waals surface area (Å²) in [6.45, 7) is 12.0. The van der Waals surface area contributed by atoms with Gasteiger partial charge in [0.15, 0.2) is 0 Å². The number of ether oxygens (including phenoxy) is 1. The van der Waals surface area contributed by atoms with Crippen LogP contribution < -0.4 is 5.32 Å². The second-order valence-electron chi connectivity index (χ2n) is 5.64. The summed E-state index contributed by atoms with van der Waals surface area (Å²) in [6.07, 6.45) is 3.88. The van der Waals surface area contributed by atoms with Crippen LogP contribution in [0.25, 0.3) is 0 Å². The average Bonchev–Trinajstić information content (AvgIpc) is 2.11. The molecule has 0 aliphatic carbocycles. The molecule has 0 saturated heterocycles. The van der Waals surface area contributed by atoms with Crippen molar-refractivity contribution < 1.29 is 9.53 Å². The molecule has 3 heteroatoms. The number of unbranched alkanes of at least 4 members (excludes halogenated alkanes) is 1. The number of carbonyl (C=O) groups excluding carboxylic acids is 1. The molecule has 0 fully saturated rings. The van der Waals surface area contributed by atoms with E-state index in [1.807, 2.05) is 20.8 Å². The molecule has 96 valence electrons. The fraction of sp³-hybridized carbons (Fsp3) is 0.923. The number of carbonyl (C=O) groups is 1. The fourth-order valence-corrected chi connectivity index (χ4v) is 1.44. The van der Waals surface area contributed by atoms with Crippen molar-refractivity contribution in [2.75, 3.05) is 0 Å². The highest BCUT2D eigenvalue weighted by Crippen LogP contribution is 2.18. The summed E-state index contributed by atoms with van der Waals surface area (Å²) in [5, 5.41) is 2.97. The lowest BCUT2D eigenvalue weighted by Crippen LogP contribution is -2.47. The van der Waals surface area contributed by atoms with Crippen LogP contribution >= 0.6 is 0 Å². The number of nitrogens with one attached hydrogen (secondary N) is 1. The molecule has 0 aliphatic rings. The third-order valence-corrected chi connectivity index (χ3v) is 2.67. The van der Waals surface area contributed by atoms with Crippen LogP contribution in [-0.4, -0.2) is 17.2 Å². The van der Waals surface area contributed by atoms with E-state index in [0.29, 0.717) is 0 Å². The minimum atomic E-state index is -0.427. The number of rotatable bonds is 5. The first-order valence-electron chi connectivity index (χ1n) is 6.23. The normalized spacial score (nSPS) is 15.4. The van der Waals surface area contributed by atoms with E-state index in [-0.39, 0.29) is 11.6 Å². The summed E-state index contributed by atoms with van der Waals surface area (Å²) in [6, 6.07) is 0. The molecule has 1 amide bonds. The number of hydrogen-bond donors (Lipinski definition) is 1. The Morgan fingerprint density at radius 2 is 1.75 bits per heavy atom. The standard InChI is InChI=1S/C13H27NO2/c1-7-9-10-13(6,8-2)14-11(15)16-12(3,4)5/h7-10H2,1-6H3,(H,14,15)/t13-/m0/s1. The van der Waals surface area contributed by atoms with Gasteiger partial charge in [0, 0.05) is 5.54 Å². The molecule has 0 saturated carbocycles. The quantitative estimate of drug-likeness (QED) is 0.777. The van der Waals surface area contributed by atoms with Crippen molar-refractivity contribution in [1.29, 1.82) is 0 Å². The molecule has 16 heavy (non-hydrogen) atoms. The van der Waals surface area contributed by atoms with Crippen molar-refractivity contribution in [2.45, 2.75) is 78.4 Å². The molecule has 0 aromatic carbocycles. The van der Waals surface area contributed by atoms with Crippen molar-refractivity contribution in [3.8, 4) is 0 Å². The summed E-state index contributed by atoms with van der Waals surface area (Å²) < 4.78 is 5.27. The van der Waals surface area contributed by atoms with Crippen LogP contribution in [0.4, 0.5) is 4.79 Å². The van der Waals surface area contributed by atoms with E-state index in [9.17, 15) is 4.79 Å². The minimum absolute atomic E-state index is 0.141. The predicted molar refractivity (Wildman–Crippen MR) is 67.6 cm³/mol. The summed E-state index contributed by atoms with van der Waals surface area (Å²) in [7, 11) is 0. The van der Waals surface area contributed by atoms with E-state index in [0.717, 1.165) is 25.7 Å². The van der Waals surface area contributed by atoms with Gasteiger partial charge in [0.1, 0.15) is 5.60 Å². The lowest BCUT2D eigenvalue weighted by atomic mass is 9.92. The highest BCUT2D eigenvalue weighted by molar-refractivity contribution is 5.68. The Morgan fingerprint density at radius 3 is 2.12 bits per heavy atom. The Bertz CT molecular complexity index is 220. The first-order valence-corrected chi connectivity index (χ1v) is 6.23. The monoisotopic (exact) mass is 229 g/mol. The van der Waals surface area contributed by atoms with E-state index in [2.05, 4.69) is 26.1 Å². The molecule has 0 spiro atoms. The maximum Gasteiger partial charge on any atom is 0.408 e. The van der Waals surface area contributed by atoms with Crippen LogP contribution in [-0.2, 0) is 4.74 Å². The summed E-state index contributed by atoms with van der Waals surface area (Å²) >= 11 is 0. The first-order chi connectivity index (χ1) is 7.22. The van der Waals surface area contributed by atoms with Gasteiger partial charge in [-0.2, -0.15) is 0 Å². The second kappa shape index (κ2) is 6.12. The average molecular weight is 229 g/mol. The highest BCUT2D eigenvalue weighted by Gasteiger charge is 2.26. The third kappa shape index (κ3) is 6.70. The fourth-order valence-electron chi connectivity index (χ4n) is 1.44. The Morgan fingerprint density at radius 1 is 1.19 bits per heavy atom. The maximum absolute atomic E-state index is 11.7. The van der Waals surface area contributed by atoms with Gasteiger partial charge in [-0.15, -0.1) is 0 Å². The zero-order valence-electron chi connectivity index (χ0n) is 11.6. The summed E-state index contributed by atoms with van der Waals surface area (Å²) in [4.78, 5) is 11.7. The second-order valence-corrected chi connectivity index (χ2v) is 5.64. The van der Waals surface area contributed by atoms with Gasteiger partial charge in [-0.1, -0.05) is 26.7 Å². The molecule has 3 nitrogen and oxygen atoms in total. The smallest absolute Gasteiger partial charge is 0.408 e. The topological polar surface area (TPSA) is 38.3 Å². The van der Waals surface area contributed by atoms with Gasteiger partial charge < -0.3 is 10.1 Å². The van der Waals surface area contributed by atoms with Crippen molar-refractivity contribution in [3.05, 3.63) is 0 Å². The molecular formula is C13H27NO2. The zero-order chi connectivity index (χ0) is 12.8. The van der Waals surface area contributed by atoms with Crippen molar-refractivity contribution >= 4 is 6.09 Å². The summed E-state index contributed by atoms with van der Waals surface area (Å²) in [5.41, 5.74) is -0.568. The van der Waals surface area contributed by atoms with Gasteiger partial charge in [-0.05, 0) is 40.5 Å². The maximum atomic E-state index is 11.7. The molecule has 1 atom stereocenters.